The van der Waals surface area contributed by atoms with Crippen LogP contribution in [0.4, 0.5) is 4.79 Å². The van der Waals surface area contributed by atoms with Crippen molar-refractivity contribution in [1.29, 1.82) is 0 Å². The fourth-order valence-electron chi connectivity index (χ4n) is 5.03. The van der Waals surface area contributed by atoms with Crippen molar-refractivity contribution in [2.24, 2.45) is 0 Å². The van der Waals surface area contributed by atoms with Crippen LogP contribution >= 0.6 is 0 Å². The van der Waals surface area contributed by atoms with Gasteiger partial charge in [-0.15, -0.1) is 0 Å². The molecule has 0 saturated heterocycles. The number of aliphatic carboxylic acids is 6. The lowest BCUT2D eigenvalue weighted by Crippen LogP contribution is -2.51. The smallest absolute Gasteiger partial charge is 0.326 e. The van der Waals surface area contributed by atoms with E-state index in [1.54, 1.807) is 34.1 Å². The first-order valence-electron chi connectivity index (χ1n) is 17.9. The van der Waals surface area contributed by atoms with Gasteiger partial charge in [0.15, 0.2) is 0 Å². The van der Waals surface area contributed by atoms with Crippen LogP contribution in [0.1, 0.15) is 48.0 Å². The molecule has 2 atom stereocenters. The van der Waals surface area contributed by atoms with Crippen LogP contribution in [0.5, 0.6) is 0 Å². The largest absolute Gasteiger partial charge is 0.481 e. The average Bonchev–Trinajstić information content (AvgIpc) is 3.13. The van der Waals surface area contributed by atoms with Gasteiger partial charge < -0.3 is 62.5 Å². The zero-order valence-electron chi connectivity index (χ0n) is 31.2. The molecule has 0 aromatic heterocycles. The van der Waals surface area contributed by atoms with E-state index in [2.05, 4.69) is 26.6 Å². The summed E-state index contributed by atoms with van der Waals surface area (Å²) in [5.74, 6) is -8.09. The van der Waals surface area contributed by atoms with Crippen LogP contribution in [0.15, 0.2) is 24.3 Å². The van der Waals surface area contributed by atoms with Gasteiger partial charge in [0, 0.05) is 64.3 Å². The molecule has 1 aromatic rings. The fraction of sp³-hybridized carbons (Fsp3) is 0.559. The van der Waals surface area contributed by atoms with Crippen LogP contribution in [0.3, 0.4) is 0 Å². The zero-order valence-corrected chi connectivity index (χ0v) is 31.2. The number of carboxylic acids is 6. The molecule has 0 aliphatic carbocycles. The van der Waals surface area contributed by atoms with Crippen molar-refractivity contribution in [2.45, 2.75) is 50.7 Å². The molecule has 23 heteroatoms. The molecule has 12 N–H and O–H groups in total. The number of amides is 4. The third kappa shape index (κ3) is 24.3. The van der Waals surface area contributed by atoms with Crippen LogP contribution in [-0.4, -0.2) is 178 Å². The second kappa shape index (κ2) is 27.6. The van der Waals surface area contributed by atoms with Crippen molar-refractivity contribution in [1.82, 2.24) is 41.7 Å². The average molecular weight is 813 g/mol. The first kappa shape index (κ1) is 49.1. The standard InChI is InChI=1S/C34H52N8O15/c43-26(20-41(13-11-35-18-28(46)47)15-16-42(21-30(50)51)14-12-36-19-29(48)49)38-17-22-4-6-23(7-5-22)31(52)37-10-2-1-3-24(32(53)54)39-34(57)40-25(33(55)56)8-9-27(44)45/h4-7,24-25,35-36H,1-3,8-21H2,(H,37,52)(H,38,43)(H,44,45)(H,46,47)(H,48,49)(H,50,51)(H,53,54)(H,55,56)(H2,39,40,57). The lowest BCUT2D eigenvalue weighted by molar-refractivity contribution is -0.141. The third-order valence-electron chi connectivity index (χ3n) is 7.99. The lowest BCUT2D eigenvalue weighted by atomic mass is 10.1. The predicted molar refractivity (Wildman–Crippen MR) is 197 cm³/mol. The Labute approximate surface area is 327 Å². The number of unbranched alkanes of at least 4 members (excludes halogenated alkanes) is 1. The fourth-order valence-corrected chi connectivity index (χ4v) is 5.03. The summed E-state index contributed by atoms with van der Waals surface area (Å²) < 4.78 is 0. The summed E-state index contributed by atoms with van der Waals surface area (Å²) in [4.78, 5) is 107. The van der Waals surface area contributed by atoms with Gasteiger partial charge in [-0.1, -0.05) is 12.1 Å². The highest BCUT2D eigenvalue weighted by molar-refractivity contribution is 5.94. The van der Waals surface area contributed by atoms with Gasteiger partial charge in [0.2, 0.25) is 5.91 Å². The summed E-state index contributed by atoms with van der Waals surface area (Å²) >= 11 is 0. The molecule has 4 amide bonds. The molecule has 0 saturated carbocycles. The third-order valence-corrected chi connectivity index (χ3v) is 7.99. The van der Waals surface area contributed by atoms with Gasteiger partial charge in [0.1, 0.15) is 12.1 Å². The predicted octanol–water partition coefficient (Wildman–Crippen LogP) is -2.69. The zero-order chi connectivity index (χ0) is 42.8. The van der Waals surface area contributed by atoms with Gasteiger partial charge in [0.05, 0.1) is 26.2 Å². The summed E-state index contributed by atoms with van der Waals surface area (Å²) in [6, 6.07) is 2.38. The van der Waals surface area contributed by atoms with Crippen molar-refractivity contribution in [3.05, 3.63) is 35.4 Å². The first-order valence-corrected chi connectivity index (χ1v) is 17.9. The van der Waals surface area contributed by atoms with E-state index in [1.165, 1.54) is 0 Å². The molecule has 2 unspecified atom stereocenters. The second-order valence-corrected chi connectivity index (χ2v) is 12.6. The van der Waals surface area contributed by atoms with Crippen molar-refractivity contribution in [3.63, 3.8) is 0 Å². The van der Waals surface area contributed by atoms with E-state index in [4.69, 9.17) is 20.4 Å². The Morgan fingerprint density at radius 1 is 0.561 bits per heavy atom. The summed E-state index contributed by atoms with van der Waals surface area (Å²) in [6.45, 7) is 0.727. The van der Waals surface area contributed by atoms with Crippen LogP contribution in [0.25, 0.3) is 0 Å². The monoisotopic (exact) mass is 812 g/mol. The van der Waals surface area contributed by atoms with E-state index < -0.39 is 72.7 Å². The van der Waals surface area contributed by atoms with Crippen LogP contribution < -0.4 is 31.9 Å². The quantitative estimate of drug-likeness (QED) is 0.0330. The molecule has 0 aliphatic heterocycles. The molecule has 0 fully saturated rings. The van der Waals surface area contributed by atoms with E-state index >= 15 is 0 Å². The highest BCUT2D eigenvalue weighted by Gasteiger charge is 2.25. The normalized spacial score (nSPS) is 12.0. The second-order valence-electron chi connectivity index (χ2n) is 12.6. The minimum absolute atomic E-state index is 0.0393. The summed E-state index contributed by atoms with van der Waals surface area (Å²) in [7, 11) is 0. The highest BCUT2D eigenvalue weighted by atomic mass is 16.4. The molecule has 1 rings (SSSR count). The minimum Gasteiger partial charge on any atom is -0.481 e. The van der Waals surface area contributed by atoms with Crippen molar-refractivity contribution in [2.75, 3.05) is 72.0 Å². The minimum atomic E-state index is -1.53. The lowest BCUT2D eigenvalue weighted by Gasteiger charge is -2.26. The summed E-state index contributed by atoms with van der Waals surface area (Å²) in [5.41, 5.74) is 0.982. The Morgan fingerprint density at radius 3 is 1.58 bits per heavy atom. The Hall–Kier alpha value is -5.91. The van der Waals surface area contributed by atoms with E-state index in [0.717, 1.165) is 0 Å². The number of nitrogens with zero attached hydrogens (tertiary/aromatic N) is 2. The maximum atomic E-state index is 12.9. The van der Waals surface area contributed by atoms with Crippen LogP contribution in [-0.2, 0) is 40.1 Å². The molecule has 0 aliphatic rings. The van der Waals surface area contributed by atoms with Gasteiger partial charge in [0.25, 0.3) is 5.91 Å². The number of rotatable bonds is 32. The molecular weight excluding hydrogens is 760 g/mol. The van der Waals surface area contributed by atoms with E-state index in [9.17, 15) is 53.4 Å². The molecule has 1 aromatic carbocycles. The van der Waals surface area contributed by atoms with Gasteiger partial charge >= 0.3 is 41.8 Å². The number of benzene rings is 1. The van der Waals surface area contributed by atoms with Gasteiger partial charge in [-0.2, -0.15) is 0 Å². The number of hydrogen-bond acceptors (Lipinski definition) is 13. The molecule has 57 heavy (non-hydrogen) atoms. The molecule has 23 nitrogen and oxygen atoms in total. The molecule has 0 heterocycles. The molecular formula is C34H52N8O15. The van der Waals surface area contributed by atoms with Crippen LogP contribution in [0, 0.1) is 0 Å². The van der Waals surface area contributed by atoms with Crippen LogP contribution in [0.2, 0.25) is 0 Å². The SMILES string of the molecule is O=C(O)CCC(NC(=O)NC(CCCCNC(=O)c1ccc(CNC(=O)CN(CCNCC(=O)O)CCN(CCNCC(=O)O)CC(=O)O)cc1)C(=O)O)C(=O)O. The maximum Gasteiger partial charge on any atom is 0.326 e. The van der Waals surface area contributed by atoms with E-state index in [1.807, 2.05) is 5.32 Å². The Morgan fingerprint density at radius 2 is 1.09 bits per heavy atom. The maximum absolute atomic E-state index is 12.9. The van der Waals surface area contributed by atoms with Crippen molar-refractivity contribution >= 4 is 53.7 Å². The number of carbonyl (C=O) groups excluding carboxylic acids is 3. The highest BCUT2D eigenvalue weighted by Crippen LogP contribution is 2.06. The molecule has 0 spiro atoms. The van der Waals surface area contributed by atoms with Crippen molar-refractivity contribution < 1.29 is 73.8 Å². The van der Waals surface area contributed by atoms with Crippen molar-refractivity contribution in [3.8, 4) is 0 Å². The summed E-state index contributed by atoms with van der Waals surface area (Å²) in [5, 5.41) is 69.4. The number of hydrogen-bond donors (Lipinski definition) is 12. The summed E-state index contributed by atoms with van der Waals surface area (Å²) in [6.07, 6.45) is -0.351. The van der Waals surface area contributed by atoms with Gasteiger partial charge in [-0.05, 0) is 43.4 Å². The van der Waals surface area contributed by atoms with Gasteiger partial charge in [-0.3, -0.25) is 38.6 Å². The molecule has 318 valence electrons. The Kier molecular flexibility index (Phi) is 23.8. The van der Waals surface area contributed by atoms with E-state index in [0.29, 0.717) is 17.5 Å². The van der Waals surface area contributed by atoms with Gasteiger partial charge in [-0.25, -0.2) is 14.4 Å². The molecule has 0 bridgehead atoms. The topological polar surface area (TPSA) is 354 Å². The number of carboxylic acid groups (broad SMARTS) is 6. The van der Waals surface area contributed by atoms with E-state index in [-0.39, 0.29) is 97.3 Å². The number of nitrogens with one attached hydrogen (secondary N) is 6. The number of urea groups is 1. The number of carbonyl (C=O) groups is 9. The molecule has 0 radical (unpaired) electrons. The first-order chi connectivity index (χ1) is 27.0. The Balaban J connectivity index is 2.60. The Bertz CT molecular complexity index is 1510.